The van der Waals surface area contributed by atoms with Crippen LogP contribution in [-0.2, 0) is 16.0 Å². The standard InChI is InChI=1S/C19H29NO3/c1-3-22-15-19(21)20-13-11-17(12-14-20)6-5-16-7-9-18(10-8-16)23-4-2/h7-10,17H,3-6,11-15H2,1-2H3. The number of piperidine rings is 1. The summed E-state index contributed by atoms with van der Waals surface area (Å²) in [4.78, 5) is 13.9. The first-order valence-electron chi connectivity index (χ1n) is 8.80. The molecule has 1 aliphatic rings. The van der Waals surface area contributed by atoms with Gasteiger partial charge in [0.2, 0.25) is 5.91 Å². The first-order valence-corrected chi connectivity index (χ1v) is 8.80. The van der Waals surface area contributed by atoms with E-state index in [9.17, 15) is 4.79 Å². The second kappa shape index (κ2) is 9.56. The predicted molar refractivity (Wildman–Crippen MR) is 91.7 cm³/mol. The largest absolute Gasteiger partial charge is 0.494 e. The van der Waals surface area contributed by atoms with Crippen LogP contribution in [0.1, 0.15) is 38.7 Å². The summed E-state index contributed by atoms with van der Waals surface area (Å²) < 4.78 is 10.7. The van der Waals surface area contributed by atoms with Gasteiger partial charge in [-0.25, -0.2) is 0 Å². The van der Waals surface area contributed by atoms with Crippen molar-refractivity contribution in [1.82, 2.24) is 4.90 Å². The summed E-state index contributed by atoms with van der Waals surface area (Å²) in [7, 11) is 0. The fraction of sp³-hybridized carbons (Fsp3) is 0.632. The number of benzene rings is 1. The first-order chi connectivity index (χ1) is 11.2. The third-order valence-corrected chi connectivity index (χ3v) is 4.47. The summed E-state index contributed by atoms with van der Waals surface area (Å²) in [5.74, 6) is 1.80. The van der Waals surface area contributed by atoms with Crippen LogP contribution >= 0.6 is 0 Å². The van der Waals surface area contributed by atoms with Crippen molar-refractivity contribution in [2.75, 3.05) is 32.9 Å². The lowest BCUT2D eigenvalue weighted by Gasteiger charge is -2.32. The molecular formula is C19H29NO3. The van der Waals surface area contributed by atoms with Crippen molar-refractivity contribution in [3.8, 4) is 5.75 Å². The molecule has 0 unspecified atom stereocenters. The molecule has 23 heavy (non-hydrogen) atoms. The highest BCUT2D eigenvalue weighted by Gasteiger charge is 2.22. The number of hydrogen-bond acceptors (Lipinski definition) is 3. The Morgan fingerprint density at radius 2 is 1.83 bits per heavy atom. The number of ether oxygens (including phenoxy) is 2. The summed E-state index contributed by atoms with van der Waals surface area (Å²) in [6, 6.07) is 8.42. The van der Waals surface area contributed by atoms with Gasteiger partial charge in [0.05, 0.1) is 6.61 Å². The Morgan fingerprint density at radius 3 is 2.43 bits per heavy atom. The highest BCUT2D eigenvalue weighted by Crippen LogP contribution is 2.23. The number of aryl methyl sites for hydroxylation is 1. The van der Waals surface area contributed by atoms with Crippen LogP contribution in [-0.4, -0.2) is 43.7 Å². The van der Waals surface area contributed by atoms with Crippen LogP contribution in [0.2, 0.25) is 0 Å². The minimum atomic E-state index is 0.136. The predicted octanol–water partition coefficient (Wildman–Crippen LogP) is 3.29. The number of amides is 1. The molecule has 1 aromatic rings. The molecule has 1 heterocycles. The van der Waals surface area contributed by atoms with Gasteiger partial charge >= 0.3 is 0 Å². The van der Waals surface area contributed by atoms with E-state index in [2.05, 4.69) is 12.1 Å². The highest BCUT2D eigenvalue weighted by atomic mass is 16.5. The van der Waals surface area contributed by atoms with E-state index in [1.54, 1.807) is 0 Å². The molecule has 0 spiro atoms. The quantitative estimate of drug-likeness (QED) is 0.738. The minimum absolute atomic E-state index is 0.136. The van der Waals surface area contributed by atoms with E-state index in [1.807, 2.05) is 30.9 Å². The maximum Gasteiger partial charge on any atom is 0.248 e. The van der Waals surface area contributed by atoms with Gasteiger partial charge in [-0.3, -0.25) is 4.79 Å². The second-order valence-electron chi connectivity index (χ2n) is 6.08. The summed E-state index contributed by atoms with van der Waals surface area (Å²) in [6.45, 7) is 7.21. The average molecular weight is 319 g/mol. The van der Waals surface area contributed by atoms with Crippen molar-refractivity contribution >= 4 is 5.91 Å². The van der Waals surface area contributed by atoms with Gasteiger partial charge < -0.3 is 14.4 Å². The van der Waals surface area contributed by atoms with Crippen molar-refractivity contribution in [3.05, 3.63) is 29.8 Å². The maximum absolute atomic E-state index is 11.9. The normalized spacial score (nSPS) is 15.7. The molecule has 4 nitrogen and oxygen atoms in total. The molecule has 128 valence electrons. The summed E-state index contributed by atoms with van der Waals surface area (Å²) in [6.07, 6.45) is 4.51. The van der Waals surface area contributed by atoms with Gasteiger partial charge in [-0.2, -0.15) is 0 Å². The lowest BCUT2D eigenvalue weighted by atomic mass is 9.90. The Bertz CT molecular complexity index is 464. The topological polar surface area (TPSA) is 38.8 Å². The van der Waals surface area contributed by atoms with Gasteiger partial charge in [0, 0.05) is 19.7 Å². The Labute approximate surface area is 139 Å². The zero-order valence-electron chi connectivity index (χ0n) is 14.4. The van der Waals surface area contributed by atoms with E-state index in [0.717, 1.165) is 44.0 Å². The van der Waals surface area contributed by atoms with E-state index < -0.39 is 0 Å². The van der Waals surface area contributed by atoms with Crippen LogP contribution in [0.3, 0.4) is 0 Å². The fourth-order valence-corrected chi connectivity index (χ4v) is 3.04. The molecule has 1 saturated heterocycles. The minimum Gasteiger partial charge on any atom is -0.494 e. The monoisotopic (exact) mass is 319 g/mol. The van der Waals surface area contributed by atoms with Crippen LogP contribution in [0.25, 0.3) is 0 Å². The van der Waals surface area contributed by atoms with Gasteiger partial charge in [-0.15, -0.1) is 0 Å². The highest BCUT2D eigenvalue weighted by molar-refractivity contribution is 5.77. The molecule has 4 heteroatoms. The zero-order chi connectivity index (χ0) is 16.5. The summed E-state index contributed by atoms with van der Waals surface area (Å²) >= 11 is 0. The number of rotatable bonds is 8. The number of hydrogen-bond donors (Lipinski definition) is 0. The number of carbonyl (C=O) groups is 1. The van der Waals surface area contributed by atoms with Gasteiger partial charge in [0.1, 0.15) is 12.4 Å². The van der Waals surface area contributed by atoms with Gasteiger partial charge in [0.15, 0.2) is 0 Å². The van der Waals surface area contributed by atoms with Crippen LogP contribution < -0.4 is 4.74 Å². The molecule has 0 atom stereocenters. The van der Waals surface area contributed by atoms with Gasteiger partial charge in [0.25, 0.3) is 0 Å². The maximum atomic E-state index is 11.9. The summed E-state index contributed by atoms with van der Waals surface area (Å²) in [5.41, 5.74) is 1.36. The zero-order valence-corrected chi connectivity index (χ0v) is 14.4. The molecule has 0 aromatic heterocycles. The van der Waals surface area contributed by atoms with Gasteiger partial charge in [-0.05, 0) is 63.1 Å². The Balaban J connectivity index is 1.69. The molecule has 0 N–H and O–H groups in total. The van der Waals surface area contributed by atoms with E-state index in [-0.39, 0.29) is 12.5 Å². The van der Waals surface area contributed by atoms with E-state index in [4.69, 9.17) is 9.47 Å². The SMILES string of the molecule is CCOCC(=O)N1CCC(CCc2ccc(OCC)cc2)CC1. The fourth-order valence-electron chi connectivity index (χ4n) is 3.04. The Hall–Kier alpha value is -1.55. The van der Waals surface area contributed by atoms with Crippen molar-refractivity contribution in [2.45, 2.75) is 39.5 Å². The number of nitrogens with zero attached hydrogens (tertiary/aromatic N) is 1. The molecule has 0 aliphatic carbocycles. The molecule has 0 radical (unpaired) electrons. The van der Waals surface area contributed by atoms with E-state index >= 15 is 0 Å². The van der Waals surface area contributed by atoms with Crippen LogP contribution in [0, 0.1) is 5.92 Å². The van der Waals surface area contributed by atoms with Crippen molar-refractivity contribution < 1.29 is 14.3 Å². The molecule has 1 aromatic carbocycles. The lowest BCUT2D eigenvalue weighted by Crippen LogP contribution is -2.40. The first kappa shape index (κ1) is 17.8. The van der Waals surface area contributed by atoms with Crippen molar-refractivity contribution in [3.63, 3.8) is 0 Å². The Kier molecular flexibility index (Phi) is 7.40. The smallest absolute Gasteiger partial charge is 0.248 e. The van der Waals surface area contributed by atoms with E-state index in [0.29, 0.717) is 13.2 Å². The van der Waals surface area contributed by atoms with Gasteiger partial charge in [-0.1, -0.05) is 12.1 Å². The Morgan fingerprint density at radius 1 is 1.13 bits per heavy atom. The molecule has 1 aliphatic heterocycles. The molecule has 2 rings (SSSR count). The molecule has 1 amide bonds. The molecule has 1 fully saturated rings. The third kappa shape index (κ3) is 5.87. The lowest BCUT2D eigenvalue weighted by molar-refractivity contribution is -0.137. The molecule has 0 saturated carbocycles. The van der Waals surface area contributed by atoms with Crippen LogP contribution in [0.4, 0.5) is 0 Å². The number of likely N-dealkylation sites (tertiary alicyclic amines) is 1. The van der Waals surface area contributed by atoms with E-state index in [1.165, 1.54) is 12.0 Å². The second-order valence-corrected chi connectivity index (χ2v) is 6.08. The van der Waals surface area contributed by atoms with Crippen LogP contribution in [0.5, 0.6) is 5.75 Å². The van der Waals surface area contributed by atoms with Crippen LogP contribution in [0.15, 0.2) is 24.3 Å². The molecule has 0 bridgehead atoms. The summed E-state index contributed by atoms with van der Waals surface area (Å²) in [5, 5.41) is 0. The number of carbonyl (C=O) groups excluding carboxylic acids is 1. The third-order valence-electron chi connectivity index (χ3n) is 4.47. The average Bonchev–Trinajstić information content (AvgIpc) is 2.60. The van der Waals surface area contributed by atoms with Crippen molar-refractivity contribution in [2.24, 2.45) is 5.92 Å². The molecular weight excluding hydrogens is 290 g/mol. The van der Waals surface area contributed by atoms with Crippen molar-refractivity contribution in [1.29, 1.82) is 0 Å².